The van der Waals surface area contributed by atoms with E-state index in [2.05, 4.69) is 18.0 Å². The summed E-state index contributed by atoms with van der Waals surface area (Å²) < 4.78 is 24.9. The molecular weight excluding hydrogens is 489 g/mol. The number of allylic oxidation sites excluding steroid dienone is 1. The molecule has 1 fully saturated rings. The van der Waals surface area contributed by atoms with Crippen molar-refractivity contribution in [1.29, 1.82) is 5.26 Å². The number of hydrogen-bond acceptors (Lipinski definition) is 6. The van der Waals surface area contributed by atoms with Gasteiger partial charge in [0.05, 0.1) is 24.4 Å². The van der Waals surface area contributed by atoms with Crippen LogP contribution >= 0.6 is 0 Å². The summed E-state index contributed by atoms with van der Waals surface area (Å²) in [6.07, 6.45) is 3.38. The number of nitrogens with one attached hydrogen (secondary N) is 1. The van der Waals surface area contributed by atoms with Crippen molar-refractivity contribution in [3.05, 3.63) is 107 Å². The van der Waals surface area contributed by atoms with Crippen LogP contribution in [0.4, 0.5) is 14.9 Å². The summed E-state index contributed by atoms with van der Waals surface area (Å²) >= 11 is 0. The number of urea groups is 1. The fourth-order valence-corrected chi connectivity index (χ4v) is 3.94. The minimum Gasteiger partial charge on any atom is -0.493 e. The van der Waals surface area contributed by atoms with Crippen LogP contribution in [0.2, 0.25) is 0 Å². The van der Waals surface area contributed by atoms with Gasteiger partial charge in [-0.15, -0.1) is 6.58 Å². The van der Waals surface area contributed by atoms with Gasteiger partial charge in [-0.1, -0.05) is 24.3 Å². The molecule has 1 saturated heterocycles. The first kappa shape index (κ1) is 25.9. The van der Waals surface area contributed by atoms with Gasteiger partial charge in [0.15, 0.2) is 11.5 Å². The molecule has 0 unspecified atom stereocenters. The molecule has 1 aliphatic rings. The van der Waals surface area contributed by atoms with Crippen LogP contribution in [0.3, 0.4) is 0 Å². The molecule has 4 rings (SSSR count). The number of rotatable bonds is 8. The molecule has 3 aromatic carbocycles. The Morgan fingerprint density at radius 3 is 2.50 bits per heavy atom. The van der Waals surface area contributed by atoms with Crippen LogP contribution in [0.1, 0.15) is 22.3 Å². The zero-order valence-corrected chi connectivity index (χ0v) is 20.4. The SMILES string of the molecule is C=CCc1cc(/C=C2\C(=O)NC(=O)N(c3ccc(F)cc3)C2=O)cc(OC)c1OCc1ccccc1C#N. The molecule has 1 heterocycles. The number of anilines is 1. The topological polar surface area (TPSA) is 109 Å². The highest BCUT2D eigenvalue weighted by Gasteiger charge is 2.37. The van der Waals surface area contributed by atoms with Gasteiger partial charge in [-0.25, -0.2) is 14.1 Å². The number of nitrogens with zero attached hydrogens (tertiary/aromatic N) is 2. The molecule has 0 saturated carbocycles. The summed E-state index contributed by atoms with van der Waals surface area (Å²) in [5.74, 6) is -1.50. The maximum absolute atomic E-state index is 13.4. The van der Waals surface area contributed by atoms with E-state index in [1.807, 2.05) is 6.07 Å². The minimum atomic E-state index is -0.935. The van der Waals surface area contributed by atoms with Crippen LogP contribution in [-0.2, 0) is 22.6 Å². The quantitative estimate of drug-likeness (QED) is 0.267. The van der Waals surface area contributed by atoms with E-state index in [1.165, 1.54) is 25.3 Å². The number of carbonyl (C=O) groups excluding carboxylic acids is 3. The Bertz CT molecular complexity index is 1510. The highest BCUT2D eigenvalue weighted by Crippen LogP contribution is 2.35. The van der Waals surface area contributed by atoms with Gasteiger partial charge >= 0.3 is 6.03 Å². The Hall–Kier alpha value is -5.23. The summed E-state index contributed by atoms with van der Waals surface area (Å²) in [4.78, 5) is 38.9. The molecular formula is C29H22FN3O5. The van der Waals surface area contributed by atoms with Gasteiger partial charge in [0.2, 0.25) is 0 Å². The number of hydrogen-bond donors (Lipinski definition) is 1. The monoisotopic (exact) mass is 511 g/mol. The largest absolute Gasteiger partial charge is 0.493 e. The highest BCUT2D eigenvalue weighted by molar-refractivity contribution is 6.39. The number of carbonyl (C=O) groups is 3. The molecule has 190 valence electrons. The third kappa shape index (κ3) is 5.29. The lowest BCUT2D eigenvalue weighted by atomic mass is 10.0. The van der Waals surface area contributed by atoms with Crippen molar-refractivity contribution in [3.63, 3.8) is 0 Å². The van der Waals surface area contributed by atoms with E-state index in [0.717, 1.165) is 17.0 Å². The van der Waals surface area contributed by atoms with Crippen LogP contribution in [0.25, 0.3) is 6.08 Å². The molecule has 0 spiro atoms. The molecule has 0 radical (unpaired) electrons. The number of methoxy groups -OCH3 is 1. The number of barbiturate groups is 1. The zero-order chi connectivity index (χ0) is 27.2. The first-order chi connectivity index (χ1) is 18.4. The van der Waals surface area contributed by atoms with E-state index in [4.69, 9.17) is 9.47 Å². The molecule has 1 aliphatic heterocycles. The molecule has 3 aromatic rings. The summed E-state index contributed by atoms with van der Waals surface area (Å²) in [6.45, 7) is 3.89. The lowest BCUT2D eigenvalue weighted by Gasteiger charge is -2.26. The number of benzene rings is 3. The number of ether oxygens (including phenoxy) is 2. The molecule has 0 bridgehead atoms. The van der Waals surface area contributed by atoms with Crippen molar-refractivity contribution in [2.75, 3.05) is 12.0 Å². The van der Waals surface area contributed by atoms with Crippen LogP contribution in [0, 0.1) is 17.1 Å². The summed E-state index contributed by atoms with van der Waals surface area (Å²) in [5.41, 5.74) is 2.10. The fraction of sp³-hybridized carbons (Fsp3) is 0.103. The second kappa shape index (κ2) is 11.2. The number of imide groups is 2. The predicted molar refractivity (Wildman–Crippen MR) is 138 cm³/mol. The highest BCUT2D eigenvalue weighted by atomic mass is 19.1. The standard InChI is InChI=1S/C29H22FN3O5/c1-3-6-19-13-18(15-25(37-2)26(19)38-17-21-8-5-4-7-20(21)16-31)14-24-27(34)32-29(36)33(28(24)35)23-11-9-22(30)10-12-23/h3-5,7-15H,1,6,17H2,2H3,(H,32,34,36)/b24-14+. The molecule has 9 heteroatoms. The maximum atomic E-state index is 13.4. The molecule has 0 aromatic heterocycles. The van der Waals surface area contributed by atoms with Gasteiger partial charge in [0.25, 0.3) is 11.8 Å². The summed E-state index contributed by atoms with van der Waals surface area (Å²) in [7, 11) is 1.45. The van der Waals surface area contributed by atoms with Crippen LogP contribution < -0.4 is 19.7 Å². The second-order valence-corrected chi connectivity index (χ2v) is 8.20. The van der Waals surface area contributed by atoms with E-state index >= 15 is 0 Å². The van der Waals surface area contributed by atoms with Crippen molar-refractivity contribution in [1.82, 2.24) is 5.32 Å². The first-order valence-corrected chi connectivity index (χ1v) is 11.5. The molecule has 0 aliphatic carbocycles. The van der Waals surface area contributed by atoms with E-state index < -0.39 is 23.7 Å². The average molecular weight is 512 g/mol. The molecule has 0 atom stereocenters. The fourth-order valence-electron chi connectivity index (χ4n) is 3.94. The van der Waals surface area contributed by atoms with Crippen LogP contribution in [-0.4, -0.2) is 25.0 Å². The van der Waals surface area contributed by atoms with E-state index in [1.54, 1.807) is 36.4 Å². The van der Waals surface area contributed by atoms with Gasteiger partial charge in [-0.2, -0.15) is 5.26 Å². The van der Waals surface area contributed by atoms with Crippen molar-refractivity contribution in [2.24, 2.45) is 0 Å². The summed E-state index contributed by atoms with van der Waals surface area (Å²) in [5, 5.41) is 11.5. The van der Waals surface area contributed by atoms with Gasteiger partial charge < -0.3 is 9.47 Å². The lowest BCUT2D eigenvalue weighted by molar-refractivity contribution is -0.122. The average Bonchev–Trinajstić information content (AvgIpc) is 2.91. The third-order valence-corrected chi connectivity index (χ3v) is 5.75. The Morgan fingerprint density at radius 2 is 1.82 bits per heavy atom. The normalized spacial score (nSPS) is 14.2. The predicted octanol–water partition coefficient (Wildman–Crippen LogP) is 4.68. The minimum absolute atomic E-state index is 0.110. The van der Waals surface area contributed by atoms with Crippen molar-refractivity contribution >= 4 is 29.6 Å². The van der Waals surface area contributed by atoms with E-state index in [9.17, 15) is 24.0 Å². The van der Waals surface area contributed by atoms with Crippen molar-refractivity contribution in [3.8, 4) is 17.6 Å². The van der Waals surface area contributed by atoms with E-state index in [0.29, 0.717) is 40.2 Å². The van der Waals surface area contributed by atoms with Crippen molar-refractivity contribution < 1.29 is 28.2 Å². The second-order valence-electron chi connectivity index (χ2n) is 8.20. The lowest BCUT2D eigenvalue weighted by Crippen LogP contribution is -2.54. The number of nitriles is 1. The van der Waals surface area contributed by atoms with Crippen LogP contribution in [0.5, 0.6) is 11.5 Å². The van der Waals surface area contributed by atoms with Crippen LogP contribution in [0.15, 0.2) is 78.9 Å². The van der Waals surface area contributed by atoms with Gasteiger partial charge in [0.1, 0.15) is 18.0 Å². The Kier molecular flexibility index (Phi) is 7.63. The van der Waals surface area contributed by atoms with Crippen molar-refractivity contribution in [2.45, 2.75) is 13.0 Å². The number of halogens is 1. The third-order valence-electron chi connectivity index (χ3n) is 5.75. The Labute approximate surface area is 218 Å². The summed E-state index contributed by atoms with van der Waals surface area (Å²) in [6, 6.07) is 16.3. The molecule has 8 nitrogen and oxygen atoms in total. The van der Waals surface area contributed by atoms with Gasteiger partial charge in [-0.3, -0.25) is 14.9 Å². The molecule has 38 heavy (non-hydrogen) atoms. The number of amides is 4. The smallest absolute Gasteiger partial charge is 0.335 e. The van der Waals surface area contributed by atoms with Gasteiger partial charge in [0, 0.05) is 11.1 Å². The van der Waals surface area contributed by atoms with E-state index in [-0.39, 0.29) is 17.9 Å². The Morgan fingerprint density at radius 1 is 1.08 bits per heavy atom. The Balaban J connectivity index is 1.70. The van der Waals surface area contributed by atoms with Gasteiger partial charge in [-0.05, 0) is 60.5 Å². The molecule has 1 N–H and O–H groups in total. The zero-order valence-electron chi connectivity index (χ0n) is 20.4. The maximum Gasteiger partial charge on any atom is 0.335 e. The molecule has 4 amide bonds. The first-order valence-electron chi connectivity index (χ1n) is 11.5.